The second-order valence-electron chi connectivity index (χ2n) is 8.98. The van der Waals surface area contributed by atoms with E-state index in [0.717, 1.165) is 10.9 Å². The maximum absolute atomic E-state index is 13.2. The van der Waals surface area contributed by atoms with E-state index >= 15 is 0 Å². The number of para-hydroxylation sites is 1. The number of carbonyl (C=O) groups excluding carboxylic acids is 3. The lowest BCUT2D eigenvalue weighted by atomic mass is 9.95. The number of benzene rings is 1. The Hall–Kier alpha value is -2.91. The minimum Gasteiger partial charge on any atom is -0.347 e. The van der Waals surface area contributed by atoms with Gasteiger partial charge in [-0.25, -0.2) is 0 Å². The van der Waals surface area contributed by atoms with Crippen molar-refractivity contribution in [2.75, 3.05) is 39.9 Å². The molecule has 1 spiro atoms. The fourth-order valence-corrected chi connectivity index (χ4v) is 4.93. The number of ether oxygens (including phenoxy) is 2. The highest BCUT2D eigenvalue weighted by atomic mass is 16.7. The molecule has 170 valence electrons. The summed E-state index contributed by atoms with van der Waals surface area (Å²) in [6.07, 6.45) is 1.26. The summed E-state index contributed by atoms with van der Waals surface area (Å²) in [4.78, 5) is 42.2. The van der Waals surface area contributed by atoms with Crippen molar-refractivity contribution in [1.29, 1.82) is 0 Å². The van der Waals surface area contributed by atoms with Gasteiger partial charge in [0.05, 0.1) is 26.3 Å². The number of nitrogens with one attached hydrogen (secondary N) is 1. The highest BCUT2D eigenvalue weighted by molar-refractivity contribution is 6.03. The van der Waals surface area contributed by atoms with Crippen LogP contribution in [0.5, 0.6) is 0 Å². The van der Waals surface area contributed by atoms with Gasteiger partial charge in [0.25, 0.3) is 5.91 Å². The molecule has 0 aliphatic carbocycles. The fourth-order valence-electron chi connectivity index (χ4n) is 4.93. The van der Waals surface area contributed by atoms with Crippen molar-refractivity contribution in [3.05, 3.63) is 36.0 Å². The van der Waals surface area contributed by atoms with Crippen LogP contribution in [0.4, 0.5) is 0 Å². The van der Waals surface area contributed by atoms with Gasteiger partial charge in [-0.05, 0) is 19.1 Å². The Morgan fingerprint density at radius 1 is 1.12 bits per heavy atom. The fraction of sp³-hybridized carbons (Fsp3) is 0.522. The number of likely N-dealkylation sites (tertiary alicyclic amines) is 1. The molecule has 0 bridgehead atoms. The van der Waals surface area contributed by atoms with Crippen LogP contribution in [0.2, 0.25) is 0 Å². The van der Waals surface area contributed by atoms with Gasteiger partial charge in [0.2, 0.25) is 11.8 Å². The third-order valence-corrected chi connectivity index (χ3v) is 7.12. The molecule has 3 amide bonds. The number of rotatable bonds is 3. The molecule has 3 aliphatic rings. The zero-order chi connectivity index (χ0) is 22.5. The van der Waals surface area contributed by atoms with Gasteiger partial charge in [0, 0.05) is 43.9 Å². The summed E-state index contributed by atoms with van der Waals surface area (Å²) in [7, 11) is 1.64. The van der Waals surface area contributed by atoms with Gasteiger partial charge in [0.1, 0.15) is 11.2 Å². The van der Waals surface area contributed by atoms with E-state index in [1.165, 1.54) is 4.90 Å². The molecule has 3 aliphatic heterocycles. The lowest BCUT2D eigenvalue weighted by Crippen LogP contribution is -2.63. The molecule has 1 atom stereocenters. The number of hydrogen-bond donors (Lipinski definition) is 1. The first-order valence-electron chi connectivity index (χ1n) is 11.0. The molecule has 4 heterocycles. The zero-order valence-electron chi connectivity index (χ0n) is 18.4. The maximum Gasteiger partial charge on any atom is 0.271 e. The van der Waals surface area contributed by atoms with E-state index in [1.807, 2.05) is 34.9 Å². The lowest BCUT2D eigenvalue weighted by Gasteiger charge is -2.42. The van der Waals surface area contributed by atoms with Crippen molar-refractivity contribution in [2.45, 2.75) is 37.6 Å². The lowest BCUT2D eigenvalue weighted by molar-refractivity contribution is -0.187. The van der Waals surface area contributed by atoms with E-state index in [4.69, 9.17) is 9.47 Å². The van der Waals surface area contributed by atoms with Crippen LogP contribution in [0, 0.1) is 0 Å². The van der Waals surface area contributed by atoms with Gasteiger partial charge in [-0.1, -0.05) is 18.2 Å². The topological polar surface area (TPSA) is 93.1 Å². The Kier molecular flexibility index (Phi) is 4.98. The maximum atomic E-state index is 13.2. The molecule has 5 rings (SSSR count). The van der Waals surface area contributed by atoms with Crippen molar-refractivity contribution >= 4 is 28.6 Å². The van der Waals surface area contributed by atoms with E-state index in [0.29, 0.717) is 51.4 Å². The molecular weight excluding hydrogens is 412 g/mol. The molecule has 9 nitrogen and oxygen atoms in total. The summed E-state index contributed by atoms with van der Waals surface area (Å²) in [5.41, 5.74) is 0.371. The van der Waals surface area contributed by atoms with E-state index < -0.39 is 11.3 Å². The number of nitrogens with zero attached hydrogens (tertiary/aromatic N) is 3. The van der Waals surface area contributed by atoms with Gasteiger partial charge in [-0.2, -0.15) is 0 Å². The van der Waals surface area contributed by atoms with Crippen molar-refractivity contribution in [1.82, 2.24) is 19.7 Å². The van der Waals surface area contributed by atoms with Gasteiger partial charge in [0.15, 0.2) is 5.79 Å². The van der Waals surface area contributed by atoms with Crippen molar-refractivity contribution in [3.8, 4) is 0 Å². The third kappa shape index (κ3) is 3.27. The summed E-state index contributed by atoms with van der Waals surface area (Å²) in [6, 6.07) is 9.59. The van der Waals surface area contributed by atoms with Crippen molar-refractivity contribution < 1.29 is 23.9 Å². The van der Waals surface area contributed by atoms with Gasteiger partial charge in [-0.15, -0.1) is 0 Å². The number of piperidine rings is 1. The van der Waals surface area contributed by atoms with Gasteiger partial charge < -0.3 is 29.2 Å². The van der Waals surface area contributed by atoms with Gasteiger partial charge in [-0.3, -0.25) is 14.4 Å². The predicted octanol–water partition coefficient (Wildman–Crippen LogP) is 0.967. The normalized spacial score (nSPS) is 24.8. The average molecular weight is 441 g/mol. The molecular formula is C23H28N4O5. The number of aromatic nitrogens is 1. The Morgan fingerprint density at radius 2 is 1.81 bits per heavy atom. The first-order chi connectivity index (χ1) is 15.3. The monoisotopic (exact) mass is 440 g/mol. The summed E-state index contributed by atoms with van der Waals surface area (Å²) in [5, 5.41) is 3.73. The predicted molar refractivity (Wildman–Crippen MR) is 116 cm³/mol. The first kappa shape index (κ1) is 21.0. The SMILES string of the molecule is CN1C(=O)c2cc3ccccc3n2C[C@@]1(C)C(=O)NCC(=O)N1CCC2(CC1)OCCO2. The van der Waals surface area contributed by atoms with Crippen LogP contribution in [0.15, 0.2) is 30.3 Å². The smallest absolute Gasteiger partial charge is 0.271 e. The minimum atomic E-state index is -1.11. The van der Waals surface area contributed by atoms with Crippen molar-refractivity contribution in [2.24, 2.45) is 0 Å². The van der Waals surface area contributed by atoms with Crippen LogP contribution in [0.25, 0.3) is 10.9 Å². The molecule has 0 unspecified atom stereocenters. The number of fused-ring (bicyclic) bond motifs is 3. The molecule has 32 heavy (non-hydrogen) atoms. The van der Waals surface area contributed by atoms with Crippen LogP contribution >= 0.6 is 0 Å². The Morgan fingerprint density at radius 3 is 2.53 bits per heavy atom. The highest BCUT2D eigenvalue weighted by Gasteiger charge is 2.46. The quantitative estimate of drug-likeness (QED) is 0.768. The zero-order valence-corrected chi connectivity index (χ0v) is 18.4. The van der Waals surface area contributed by atoms with Gasteiger partial charge >= 0.3 is 0 Å². The number of hydrogen-bond acceptors (Lipinski definition) is 5. The first-order valence-corrected chi connectivity index (χ1v) is 11.0. The summed E-state index contributed by atoms with van der Waals surface area (Å²) in [6.45, 7) is 4.19. The molecule has 2 saturated heterocycles. The average Bonchev–Trinajstić information content (AvgIpc) is 3.41. The van der Waals surface area contributed by atoms with E-state index in [2.05, 4.69) is 5.32 Å². The Balaban J connectivity index is 1.26. The summed E-state index contributed by atoms with van der Waals surface area (Å²) < 4.78 is 13.3. The molecule has 2 fully saturated rings. The minimum absolute atomic E-state index is 0.107. The van der Waals surface area contributed by atoms with Crippen LogP contribution in [-0.4, -0.2) is 83.3 Å². The van der Waals surface area contributed by atoms with E-state index in [9.17, 15) is 14.4 Å². The van der Waals surface area contributed by atoms with Crippen molar-refractivity contribution in [3.63, 3.8) is 0 Å². The second-order valence-corrected chi connectivity index (χ2v) is 8.98. The number of amides is 3. The molecule has 0 saturated carbocycles. The largest absolute Gasteiger partial charge is 0.347 e. The Bertz CT molecular complexity index is 1080. The Labute approximate surface area is 186 Å². The molecule has 9 heteroatoms. The van der Waals surface area contributed by atoms with Crippen LogP contribution in [0.1, 0.15) is 30.3 Å². The summed E-state index contributed by atoms with van der Waals surface area (Å²) >= 11 is 0. The highest BCUT2D eigenvalue weighted by Crippen LogP contribution is 2.32. The van der Waals surface area contributed by atoms with Crippen LogP contribution < -0.4 is 5.32 Å². The molecule has 1 N–H and O–H groups in total. The molecule has 1 aromatic carbocycles. The standard InChI is InChI=1S/C23H28N4O5/c1-22(15-27-17-6-4-3-5-16(17)13-18(27)20(29)25(22)2)21(30)24-14-19(28)26-9-7-23(8-10-26)31-11-12-32-23/h3-6,13H,7-12,14-15H2,1-2H3,(H,24,30)/t22-/m0/s1. The van der Waals surface area contributed by atoms with E-state index in [-0.39, 0.29) is 24.3 Å². The molecule has 1 aromatic heterocycles. The molecule has 0 radical (unpaired) electrons. The van der Waals surface area contributed by atoms with Crippen LogP contribution in [0.3, 0.4) is 0 Å². The molecule has 2 aromatic rings. The summed E-state index contributed by atoms with van der Waals surface area (Å²) in [5.74, 6) is -1.25. The van der Waals surface area contributed by atoms with Crippen LogP contribution in [-0.2, 0) is 25.6 Å². The number of carbonyl (C=O) groups is 3. The third-order valence-electron chi connectivity index (χ3n) is 7.12. The number of likely N-dealkylation sites (N-methyl/N-ethyl adjacent to an activating group) is 1. The second kappa shape index (κ2) is 7.60. The van der Waals surface area contributed by atoms with E-state index in [1.54, 1.807) is 18.9 Å².